The van der Waals surface area contributed by atoms with Crippen LogP contribution in [0.3, 0.4) is 0 Å². The summed E-state index contributed by atoms with van der Waals surface area (Å²) < 4.78 is 28.0. The average Bonchev–Trinajstić information content (AvgIpc) is 2.52. The molecule has 2 rings (SSSR count). The Hall–Kier alpha value is -1.69. The molecule has 0 radical (unpaired) electrons. The Balaban J connectivity index is 2.21. The smallest absolute Gasteiger partial charge is 0.252 e. The lowest BCUT2D eigenvalue weighted by Gasteiger charge is -2.26. The molecule has 0 spiro atoms. The topological polar surface area (TPSA) is 32.3 Å². The van der Waals surface area contributed by atoms with Crippen molar-refractivity contribution in [2.45, 2.75) is 6.04 Å². The molecule has 24 heavy (non-hydrogen) atoms. The molecule has 128 valence electrons. The van der Waals surface area contributed by atoms with Crippen molar-refractivity contribution in [3.8, 4) is 0 Å². The number of carbonyl (C=O) groups is 1. The first kappa shape index (κ1) is 18.6. The van der Waals surface area contributed by atoms with E-state index in [0.717, 1.165) is 0 Å². The minimum absolute atomic E-state index is 0.00648. The SMILES string of the molecule is CN(C)C(CNC(=O)c1cccc(Cl)c1Cl)c1c(F)cccc1F. The second-order valence-corrected chi connectivity index (χ2v) is 6.21. The highest BCUT2D eigenvalue weighted by atomic mass is 35.5. The van der Waals surface area contributed by atoms with Crippen molar-refractivity contribution in [3.05, 3.63) is 69.2 Å². The van der Waals surface area contributed by atoms with Crippen LogP contribution in [0.1, 0.15) is 22.0 Å². The average molecular weight is 373 g/mol. The summed E-state index contributed by atoms with van der Waals surface area (Å²) in [7, 11) is 3.35. The molecule has 0 saturated heterocycles. The van der Waals surface area contributed by atoms with Crippen molar-refractivity contribution in [2.75, 3.05) is 20.6 Å². The van der Waals surface area contributed by atoms with E-state index in [1.54, 1.807) is 31.1 Å². The van der Waals surface area contributed by atoms with Crippen molar-refractivity contribution in [1.82, 2.24) is 10.2 Å². The van der Waals surface area contributed by atoms with Crippen LogP contribution in [0, 0.1) is 11.6 Å². The molecule has 0 fully saturated rings. The Morgan fingerprint density at radius 1 is 1.12 bits per heavy atom. The summed E-state index contributed by atoms with van der Waals surface area (Å²) in [6, 6.07) is 7.69. The fraction of sp³-hybridized carbons (Fsp3) is 0.235. The first-order chi connectivity index (χ1) is 11.3. The van der Waals surface area contributed by atoms with Gasteiger partial charge >= 0.3 is 0 Å². The lowest BCUT2D eigenvalue weighted by molar-refractivity contribution is 0.0941. The Bertz CT molecular complexity index is 733. The summed E-state index contributed by atoms with van der Waals surface area (Å²) in [6.07, 6.45) is 0. The van der Waals surface area contributed by atoms with E-state index in [4.69, 9.17) is 23.2 Å². The van der Waals surface area contributed by atoms with Crippen molar-refractivity contribution in [1.29, 1.82) is 0 Å². The third-order valence-corrected chi connectivity index (χ3v) is 4.43. The number of hydrogen-bond acceptors (Lipinski definition) is 2. The lowest BCUT2D eigenvalue weighted by Crippen LogP contribution is -2.35. The number of halogens is 4. The van der Waals surface area contributed by atoms with Crippen LogP contribution in [0.25, 0.3) is 0 Å². The Labute approximate surface area is 149 Å². The lowest BCUT2D eigenvalue weighted by atomic mass is 10.0. The number of carbonyl (C=O) groups excluding carboxylic acids is 1. The van der Waals surface area contributed by atoms with Gasteiger partial charge in [0, 0.05) is 12.1 Å². The van der Waals surface area contributed by atoms with E-state index in [2.05, 4.69) is 5.32 Å². The number of hydrogen-bond donors (Lipinski definition) is 1. The number of nitrogens with zero attached hydrogens (tertiary/aromatic N) is 1. The zero-order valence-corrected chi connectivity index (χ0v) is 14.6. The summed E-state index contributed by atoms with van der Waals surface area (Å²) in [4.78, 5) is 13.9. The van der Waals surface area contributed by atoms with E-state index >= 15 is 0 Å². The van der Waals surface area contributed by atoms with Crippen LogP contribution >= 0.6 is 23.2 Å². The fourth-order valence-corrected chi connectivity index (χ4v) is 2.72. The van der Waals surface area contributed by atoms with Crippen molar-refractivity contribution >= 4 is 29.1 Å². The second kappa shape index (κ2) is 7.92. The molecule has 0 aliphatic heterocycles. The molecule has 0 aliphatic carbocycles. The third kappa shape index (κ3) is 4.04. The fourth-order valence-electron chi connectivity index (χ4n) is 2.34. The van der Waals surface area contributed by atoms with E-state index in [-0.39, 0.29) is 27.7 Å². The quantitative estimate of drug-likeness (QED) is 0.848. The summed E-state index contributed by atoms with van der Waals surface area (Å²) in [5.74, 6) is -1.79. The van der Waals surface area contributed by atoms with Crippen LogP contribution in [0.2, 0.25) is 10.0 Å². The van der Waals surface area contributed by atoms with Crippen LogP contribution in [-0.4, -0.2) is 31.4 Å². The molecule has 2 aromatic rings. The summed E-state index contributed by atoms with van der Waals surface area (Å²) >= 11 is 11.9. The molecular formula is C17H16Cl2F2N2O. The van der Waals surface area contributed by atoms with Crippen LogP contribution in [0.15, 0.2) is 36.4 Å². The molecule has 0 saturated carbocycles. The van der Waals surface area contributed by atoms with Gasteiger partial charge in [-0.1, -0.05) is 35.3 Å². The van der Waals surface area contributed by atoms with Gasteiger partial charge in [-0.15, -0.1) is 0 Å². The van der Waals surface area contributed by atoms with E-state index in [9.17, 15) is 13.6 Å². The minimum atomic E-state index is -0.673. The first-order valence-electron chi connectivity index (χ1n) is 7.15. The van der Waals surface area contributed by atoms with E-state index < -0.39 is 23.6 Å². The molecule has 0 heterocycles. The zero-order valence-electron chi connectivity index (χ0n) is 13.1. The monoisotopic (exact) mass is 372 g/mol. The van der Waals surface area contributed by atoms with Gasteiger partial charge < -0.3 is 10.2 Å². The van der Waals surface area contributed by atoms with Gasteiger partial charge in [0.1, 0.15) is 11.6 Å². The standard InChI is InChI=1S/C17H16Cl2F2N2O/c1-23(2)14(15-12(20)7-4-8-13(15)21)9-22-17(24)10-5-3-6-11(18)16(10)19/h3-8,14H,9H2,1-2H3,(H,22,24). The predicted octanol–water partition coefficient (Wildman–Crippen LogP) is 4.30. The zero-order chi connectivity index (χ0) is 17.9. The van der Waals surface area contributed by atoms with Gasteiger partial charge in [0.2, 0.25) is 0 Å². The second-order valence-electron chi connectivity index (χ2n) is 5.43. The molecule has 0 aromatic heterocycles. The van der Waals surface area contributed by atoms with Gasteiger partial charge in [-0.05, 0) is 38.4 Å². The maximum atomic E-state index is 14.0. The summed E-state index contributed by atoms with van der Waals surface area (Å²) in [5.41, 5.74) is 0.107. The normalized spacial score (nSPS) is 12.3. The highest BCUT2D eigenvalue weighted by molar-refractivity contribution is 6.43. The third-order valence-electron chi connectivity index (χ3n) is 3.61. The molecular weight excluding hydrogens is 357 g/mol. The maximum Gasteiger partial charge on any atom is 0.252 e. The molecule has 1 atom stereocenters. The number of likely N-dealkylation sites (N-methyl/N-ethyl adjacent to an activating group) is 1. The van der Waals surface area contributed by atoms with Gasteiger partial charge in [-0.3, -0.25) is 4.79 Å². The van der Waals surface area contributed by atoms with Crippen molar-refractivity contribution in [3.63, 3.8) is 0 Å². The molecule has 3 nitrogen and oxygen atoms in total. The predicted molar refractivity (Wildman–Crippen MR) is 91.6 cm³/mol. The molecule has 1 N–H and O–H groups in total. The van der Waals surface area contributed by atoms with Crippen LogP contribution in [0.4, 0.5) is 8.78 Å². The maximum absolute atomic E-state index is 14.0. The Morgan fingerprint density at radius 2 is 1.71 bits per heavy atom. The molecule has 1 amide bonds. The van der Waals surface area contributed by atoms with Gasteiger partial charge in [0.15, 0.2) is 0 Å². The Morgan fingerprint density at radius 3 is 2.29 bits per heavy atom. The van der Waals surface area contributed by atoms with Gasteiger partial charge in [0.05, 0.1) is 21.7 Å². The van der Waals surface area contributed by atoms with Crippen LogP contribution in [-0.2, 0) is 0 Å². The van der Waals surface area contributed by atoms with Crippen LogP contribution in [0.5, 0.6) is 0 Å². The highest BCUT2D eigenvalue weighted by Gasteiger charge is 2.23. The molecule has 0 bridgehead atoms. The largest absolute Gasteiger partial charge is 0.350 e. The first-order valence-corrected chi connectivity index (χ1v) is 7.91. The van der Waals surface area contributed by atoms with Gasteiger partial charge in [-0.25, -0.2) is 8.78 Å². The molecule has 0 aliphatic rings. The van der Waals surface area contributed by atoms with Crippen LogP contribution < -0.4 is 5.32 Å². The number of benzene rings is 2. The number of nitrogens with one attached hydrogen (secondary N) is 1. The molecule has 7 heteroatoms. The number of amides is 1. The number of rotatable bonds is 5. The van der Waals surface area contributed by atoms with Gasteiger partial charge in [-0.2, -0.15) is 0 Å². The summed E-state index contributed by atoms with van der Waals surface area (Å²) in [6.45, 7) is 0.00648. The Kier molecular flexibility index (Phi) is 6.15. The molecule has 1 unspecified atom stereocenters. The van der Waals surface area contributed by atoms with E-state index in [1.165, 1.54) is 24.3 Å². The molecule has 2 aromatic carbocycles. The highest BCUT2D eigenvalue weighted by Crippen LogP contribution is 2.26. The van der Waals surface area contributed by atoms with Gasteiger partial charge in [0.25, 0.3) is 5.91 Å². The minimum Gasteiger partial charge on any atom is -0.350 e. The van der Waals surface area contributed by atoms with E-state index in [1.807, 2.05) is 0 Å². The van der Waals surface area contributed by atoms with E-state index in [0.29, 0.717) is 0 Å². The summed E-state index contributed by atoms with van der Waals surface area (Å²) in [5, 5.41) is 3.04. The van der Waals surface area contributed by atoms with Crippen molar-refractivity contribution in [2.24, 2.45) is 0 Å². The van der Waals surface area contributed by atoms with Crippen molar-refractivity contribution < 1.29 is 13.6 Å².